The number of hydrogen-bond acceptors (Lipinski definition) is 1. The Balaban J connectivity index is 2.11. The smallest absolute Gasteiger partial charge is 0.159 e. The quantitative estimate of drug-likeness (QED) is 0.901. The van der Waals surface area contributed by atoms with Crippen molar-refractivity contribution >= 4 is 0 Å². The molecule has 0 aliphatic carbocycles. The van der Waals surface area contributed by atoms with E-state index in [1.165, 1.54) is 11.6 Å². The lowest BCUT2D eigenvalue weighted by Crippen LogP contribution is -2.16. The van der Waals surface area contributed by atoms with Crippen LogP contribution in [0.4, 0.5) is 8.78 Å². The third-order valence-corrected chi connectivity index (χ3v) is 3.74. The monoisotopic (exact) mass is 290 g/mol. The Hall–Kier alpha value is -1.74. The number of aliphatic hydroxyl groups excluding tert-OH is 1. The molecule has 0 bridgehead atoms. The van der Waals surface area contributed by atoms with Gasteiger partial charge in [-0.1, -0.05) is 23.8 Å². The summed E-state index contributed by atoms with van der Waals surface area (Å²) in [6, 6.07) is 7.93. The number of benzene rings is 2. The lowest BCUT2D eigenvalue weighted by atomic mass is 9.93. The molecule has 0 radical (unpaired) electrons. The van der Waals surface area contributed by atoms with Crippen molar-refractivity contribution in [3.05, 3.63) is 69.8 Å². The van der Waals surface area contributed by atoms with Crippen LogP contribution in [0.25, 0.3) is 0 Å². The summed E-state index contributed by atoms with van der Waals surface area (Å²) in [5.41, 5.74) is 5.22. The number of aliphatic hydroxyl groups is 1. The summed E-state index contributed by atoms with van der Waals surface area (Å²) in [7, 11) is 0. The zero-order valence-electron chi connectivity index (χ0n) is 12.6. The lowest BCUT2D eigenvalue weighted by Gasteiger charge is -2.16. The number of aryl methyl sites for hydroxylation is 3. The molecule has 1 unspecified atom stereocenters. The first-order valence-corrected chi connectivity index (χ1v) is 7.05. The van der Waals surface area contributed by atoms with Crippen molar-refractivity contribution in [3.8, 4) is 0 Å². The molecule has 0 saturated heterocycles. The first-order chi connectivity index (χ1) is 9.86. The summed E-state index contributed by atoms with van der Waals surface area (Å²) in [6.07, 6.45) is 0.205. The summed E-state index contributed by atoms with van der Waals surface area (Å²) in [6.45, 7) is 6.10. The molecule has 0 aromatic heterocycles. The third-order valence-electron chi connectivity index (χ3n) is 3.74. The van der Waals surface area contributed by atoms with Gasteiger partial charge in [0.1, 0.15) is 0 Å². The molecule has 0 spiro atoms. The predicted octanol–water partition coefficient (Wildman–Crippen LogP) is 4.04. The minimum atomic E-state index is -0.873. The van der Waals surface area contributed by atoms with Crippen molar-refractivity contribution < 1.29 is 13.9 Å². The molecule has 0 aliphatic rings. The molecule has 0 saturated carbocycles. The Morgan fingerprint density at radius 3 is 2.10 bits per heavy atom. The highest BCUT2D eigenvalue weighted by molar-refractivity contribution is 5.38. The Morgan fingerprint density at radius 2 is 1.52 bits per heavy atom. The van der Waals surface area contributed by atoms with Gasteiger partial charge in [0.2, 0.25) is 0 Å². The second-order valence-electron chi connectivity index (χ2n) is 5.69. The molecule has 0 aliphatic heterocycles. The summed E-state index contributed by atoms with van der Waals surface area (Å²) in [4.78, 5) is 0. The van der Waals surface area contributed by atoms with E-state index in [9.17, 15) is 13.9 Å². The molecule has 0 amide bonds. The number of rotatable bonds is 4. The van der Waals surface area contributed by atoms with E-state index in [-0.39, 0.29) is 0 Å². The molecule has 2 aromatic rings. The van der Waals surface area contributed by atoms with Crippen LogP contribution in [-0.2, 0) is 12.8 Å². The van der Waals surface area contributed by atoms with Crippen LogP contribution in [0.5, 0.6) is 0 Å². The van der Waals surface area contributed by atoms with Gasteiger partial charge in [0.25, 0.3) is 0 Å². The van der Waals surface area contributed by atoms with Gasteiger partial charge >= 0.3 is 0 Å². The van der Waals surface area contributed by atoms with E-state index in [0.717, 1.165) is 28.8 Å². The van der Waals surface area contributed by atoms with Crippen LogP contribution in [0, 0.1) is 32.4 Å². The normalized spacial score (nSPS) is 12.5. The number of hydrogen-bond donors (Lipinski definition) is 1. The molecule has 3 heteroatoms. The van der Waals surface area contributed by atoms with Crippen LogP contribution in [-0.4, -0.2) is 11.2 Å². The Labute approximate surface area is 124 Å². The van der Waals surface area contributed by atoms with E-state index in [1.54, 1.807) is 0 Å². The molecule has 0 heterocycles. The van der Waals surface area contributed by atoms with Crippen molar-refractivity contribution in [2.24, 2.45) is 0 Å². The van der Waals surface area contributed by atoms with E-state index >= 15 is 0 Å². The van der Waals surface area contributed by atoms with Crippen molar-refractivity contribution in [1.82, 2.24) is 0 Å². The predicted molar refractivity (Wildman–Crippen MR) is 80.4 cm³/mol. The third kappa shape index (κ3) is 3.88. The highest BCUT2D eigenvalue weighted by Gasteiger charge is 2.12. The van der Waals surface area contributed by atoms with Gasteiger partial charge in [-0.25, -0.2) is 8.78 Å². The van der Waals surface area contributed by atoms with Gasteiger partial charge in [0, 0.05) is 0 Å². The Kier molecular flexibility index (Phi) is 4.73. The van der Waals surface area contributed by atoms with E-state index in [0.29, 0.717) is 18.4 Å². The molecule has 2 aromatic carbocycles. The van der Waals surface area contributed by atoms with E-state index in [4.69, 9.17) is 0 Å². The molecule has 1 atom stereocenters. The largest absolute Gasteiger partial charge is 0.392 e. The molecule has 2 rings (SSSR count). The van der Waals surface area contributed by atoms with Crippen LogP contribution < -0.4 is 0 Å². The van der Waals surface area contributed by atoms with Gasteiger partial charge in [-0.2, -0.15) is 0 Å². The first kappa shape index (κ1) is 15.6. The fraction of sp³-hybridized carbons (Fsp3) is 0.333. The Bertz CT molecular complexity index is 627. The SMILES string of the molecule is Cc1cc(C)c(CC(O)Cc2ccc(F)c(F)c2)c(C)c1. The topological polar surface area (TPSA) is 20.2 Å². The van der Waals surface area contributed by atoms with Gasteiger partial charge in [0.05, 0.1) is 6.10 Å². The summed E-state index contributed by atoms with van der Waals surface area (Å²) < 4.78 is 26.1. The first-order valence-electron chi connectivity index (χ1n) is 7.05. The van der Waals surface area contributed by atoms with Crippen molar-refractivity contribution in [1.29, 1.82) is 0 Å². The standard InChI is InChI=1S/C18H20F2O/c1-11-6-12(2)16(13(3)7-11)10-15(21)8-14-4-5-17(19)18(20)9-14/h4-7,9,15,21H,8,10H2,1-3H3. The van der Waals surface area contributed by atoms with Crippen molar-refractivity contribution in [3.63, 3.8) is 0 Å². The maximum absolute atomic E-state index is 13.2. The minimum Gasteiger partial charge on any atom is -0.392 e. The molecular formula is C18H20F2O. The maximum atomic E-state index is 13.2. The van der Waals surface area contributed by atoms with Gasteiger partial charge in [0.15, 0.2) is 11.6 Å². The van der Waals surface area contributed by atoms with Crippen molar-refractivity contribution in [2.75, 3.05) is 0 Å². The highest BCUT2D eigenvalue weighted by atomic mass is 19.2. The zero-order chi connectivity index (χ0) is 15.6. The van der Waals surface area contributed by atoms with Gasteiger partial charge in [-0.3, -0.25) is 0 Å². The van der Waals surface area contributed by atoms with E-state index in [1.807, 2.05) is 20.8 Å². The lowest BCUT2D eigenvalue weighted by molar-refractivity contribution is 0.175. The molecular weight excluding hydrogens is 270 g/mol. The average molecular weight is 290 g/mol. The molecule has 21 heavy (non-hydrogen) atoms. The van der Waals surface area contributed by atoms with Gasteiger partial charge < -0.3 is 5.11 Å². The van der Waals surface area contributed by atoms with Crippen LogP contribution >= 0.6 is 0 Å². The molecule has 1 N–H and O–H groups in total. The number of halogens is 2. The fourth-order valence-corrected chi connectivity index (χ4v) is 2.78. The fourth-order valence-electron chi connectivity index (χ4n) is 2.78. The van der Waals surface area contributed by atoms with E-state index in [2.05, 4.69) is 12.1 Å². The summed E-state index contributed by atoms with van der Waals surface area (Å²) in [5.74, 6) is -1.74. The summed E-state index contributed by atoms with van der Waals surface area (Å²) in [5, 5.41) is 10.2. The zero-order valence-corrected chi connectivity index (χ0v) is 12.6. The second kappa shape index (κ2) is 6.35. The Morgan fingerprint density at radius 1 is 0.905 bits per heavy atom. The van der Waals surface area contributed by atoms with Crippen LogP contribution in [0.2, 0.25) is 0 Å². The molecule has 112 valence electrons. The van der Waals surface area contributed by atoms with E-state index < -0.39 is 17.7 Å². The van der Waals surface area contributed by atoms with Crippen LogP contribution in [0.1, 0.15) is 27.8 Å². The molecule has 1 nitrogen and oxygen atoms in total. The van der Waals surface area contributed by atoms with Gasteiger partial charge in [-0.15, -0.1) is 0 Å². The molecule has 0 fully saturated rings. The van der Waals surface area contributed by atoms with Gasteiger partial charge in [-0.05, 0) is 68.0 Å². The maximum Gasteiger partial charge on any atom is 0.159 e. The van der Waals surface area contributed by atoms with Crippen molar-refractivity contribution in [2.45, 2.75) is 39.7 Å². The second-order valence-corrected chi connectivity index (χ2v) is 5.69. The highest BCUT2D eigenvalue weighted by Crippen LogP contribution is 2.20. The minimum absolute atomic E-state index is 0.309. The van der Waals surface area contributed by atoms with Crippen LogP contribution in [0.3, 0.4) is 0 Å². The average Bonchev–Trinajstić information content (AvgIpc) is 2.38. The summed E-state index contributed by atoms with van der Waals surface area (Å²) >= 11 is 0. The van der Waals surface area contributed by atoms with Crippen LogP contribution in [0.15, 0.2) is 30.3 Å².